The van der Waals surface area contributed by atoms with Gasteiger partial charge in [-0.25, -0.2) is 0 Å². The largest absolute Gasteiger partial charge is 0.237 e. The highest BCUT2D eigenvalue weighted by Crippen LogP contribution is 2.61. The van der Waals surface area contributed by atoms with Gasteiger partial charge in [-0.2, -0.15) is 0 Å². The number of halogens is 3. The molecule has 0 nitrogen and oxygen atoms in total. The maximum Gasteiger partial charge on any atom is 0.237 e. The van der Waals surface area contributed by atoms with Gasteiger partial charge in [0.15, 0.2) is 0 Å². The number of hydrogen-bond donors (Lipinski definition) is 0. The van der Waals surface area contributed by atoms with Gasteiger partial charge in [0.05, 0.1) is 4.90 Å². The summed E-state index contributed by atoms with van der Waals surface area (Å²) in [5, 5.41) is 0. The van der Waals surface area contributed by atoms with Crippen LogP contribution in [-0.4, -0.2) is 0 Å². The van der Waals surface area contributed by atoms with Crippen molar-refractivity contribution in [1.29, 1.82) is 0 Å². The Morgan fingerprint density at radius 3 is 2.08 bits per heavy atom. The second kappa shape index (κ2) is 3.01. The Kier molecular flexibility index (Phi) is 2.37. The summed E-state index contributed by atoms with van der Waals surface area (Å²) in [5.74, 6) is 0. The Morgan fingerprint density at radius 2 is 1.67 bits per heavy atom. The minimum absolute atomic E-state index is 0.308. The summed E-state index contributed by atoms with van der Waals surface area (Å²) in [7, 11) is 0. The molecule has 1 rings (SSSR count). The molecular weight excluding hydrogens is 185 g/mol. The Labute approximate surface area is 71.6 Å². The van der Waals surface area contributed by atoms with Gasteiger partial charge < -0.3 is 0 Å². The average molecular weight is 194 g/mol. The highest BCUT2D eigenvalue weighted by Gasteiger charge is 2.26. The fraction of sp³-hybridized carbons (Fsp3) is 0.250. The molecule has 0 saturated heterocycles. The molecule has 4 heteroatoms. The van der Waals surface area contributed by atoms with E-state index < -0.39 is 16.1 Å². The van der Waals surface area contributed by atoms with Gasteiger partial charge in [-0.1, -0.05) is 12.1 Å². The molecule has 0 aliphatic carbocycles. The van der Waals surface area contributed by atoms with Gasteiger partial charge in [-0.05, 0) is 31.0 Å². The molecule has 1 aromatic rings. The predicted octanol–water partition coefficient (Wildman–Crippen LogP) is 4.12. The molecule has 0 amide bonds. The topological polar surface area (TPSA) is 0 Å². The van der Waals surface area contributed by atoms with Crippen LogP contribution in [0.2, 0.25) is 0 Å². The number of rotatable bonds is 1. The Bertz CT molecular complexity index is 291. The fourth-order valence-corrected chi connectivity index (χ4v) is 1.71. The lowest BCUT2D eigenvalue weighted by atomic mass is 10.2. The molecule has 0 spiro atoms. The van der Waals surface area contributed by atoms with Crippen LogP contribution >= 0.6 is 11.2 Å². The van der Waals surface area contributed by atoms with Crippen molar-refractivity contribution < 1.29 is 11.7 Å². The van der Waals surface area contributed by atoms with Gasteiger partial charge in [0, 0.05) is 0 Å². The van der Waals surface area contributed by atoms with E-state index in [2.05, 4.69) is 0 Å². The van der Waals surface area contributed by atoms with Crippen molar-refractivity contribution >= 4 is 11.2 Å². The monoisotopic (exact) mass is 194 g/mol. The summed E-state index contributed by atoms with van der Waals surface area (Å²) in [6, 6.07) is 4.39. The first-order chi connectivity index (χ1) is 5.41. The molecule has 0 bridgehead atoms. The van der Waals surface area contributed by atoms with Gasteiger partial charge in [0.25, 0.3) is 0 Å². The third-order valence-electron chi connectivity index (χ3n) is 1.59. The van der Waals surface area contributed by atoms with E-state index in [1.54, 1.807) is 13.0 Å². The van der Waals surface area contributed by atoms with E-state index in [0.717, 1.165) is 0 Å². The van der Waals surface area contributed by atoms with Crippen LogP contribution in [0.3, 0.4) is 0 Å². The molecular formula is C8H9F3S. The van der Waals surface area contributed by atoms with Crippen molar-refractivity contribution in [3.63, 3.8) is 0 Å². The van der Waals surface area contributed by atoms with Gasteiger partial charge in [-0.15, -0.1) is 11.7 Å². The van der Waals surface area contributed by atoms with Crippen LogP contribution in [-0.2, 0) is 0 Å². The van der Waals surface area contributed by atoms with Crippen molar-refractivity contribution in [2.45, 2.75) is 18.7 Å². The summed E-state index contributed by atoms with van der Waals surface area (Å²) in [6.07, 6.45) is 0. The van der Waals surface area contributed by atoms with Crippen LogP contribution in [0.1, 0.15) is 11.1 Å². The standard InChI is InChI=1S/C8H9F3S/c1-6-3-4-7(2)8(5-6)12(9,10)11/h3-5H,1-2H3. The van der Waals surface area contributed by atoms with E-state index in [1.807, 2.05) is 0 Å². The van der Waals surface area contributed by atoms with Gasteiger partial charge in [0.2, 0.25) is 11.2 Å². The predicted molar refractivity (Wildman–Crippen MR) is 45.1 cm³/mol. The minimum Gasteiger partial charge on any atom is -0.120 e. The first-order valence-corrected chi connectivity index (χ1v) is 4.74. The Morgan fingerprint density at radius 1 is 1.08 bits per heavy atom. The summed E-state index contributed by atoms with van der Waals surface area (Å²) in [5.41, 5.74) is 0.962. The maximum absolute atomic E-state index is 12.3. The zero-order chi connectivity index (χ0) is 9.35. The number of hydrogen-bond acceptors (Lipinski definition) is 0. The second-order valence-corrected chi connectivity index (χ2v) is 3.93. The molecule has 0 atom stereocenters. The maximum atomic E-state index is 12.3. The fourth-order valence-electron chi connectivity index (χ4n) is 0.957. The molecule has 0 N–H and O–H groups in total. The van der Waals surface area contributed by atoms with E-state index in [9.17, 15) is 11.7 Å². The quantitative estimate of drug-likeness (QED) is 0.630. The van der Waals surface area contributed by atoms with Crippen molar-refractivity contribution in [1.82, 2.24) is 0 Å². The molecule has 0 saturated carbocycles. The third kappa shape index (κ3) is 1.94. The van der Waals surface area contributed by atoms with Crippen LogP contribution in [0.4, 0.5) is 11.7 Å². The molecule has 0 heterocycles. The first-order valence-electron chi connectivity index (χ1n) is 3.41. The second-order valence-electron chi connectivity index (χ2n) is 2.68. The Balaban J connectivity index is 3.23. The zero-order valence-electron chi connectivity index (χ0n) is 6.77. The summed E-state index contributed by atoms with van der Waals surface area (Å²) in [4.78, 5) is -0.456. The van der Waals surface area contributed by atoms with E-state index in [4.69, 9.17) is 0 Å². The lowest BCUT2D eigenvalue weighted by Crippen LogP contribution is -1.86. The number of aryl methyl sites for hydroxylation is 2. The molecule has 0 unspecified atom stereocenters. The highest BCUT2D eigenvalue weighted by atomic mass is 32.3. The molecule has 1 aromatic carbocycles. The normalized spacial score (nSPS) is 13.1. The molecule has 0 aliphatic rings. The van der Waals surface area contributed by atoms with Crippen molar-refractivity contribution in [3.05, 3.63) is 29.3 Å². The van der Waals surface area contributed by atoms with Crippen LogP contribution in [0.15, 0.2) is 23.1 Å². The molecule has 0 aromatic heterocycles. The third-order valence-corrected chi connectivity index (χ3v) is 2.53. The van der Waals surface area contributed by atoms with Crippen molar-refractivity contribution in [3.8, 4) is 0 Å². The van der Waals surface area contributed by atoms with Crippen LogP contribution in [0.5, 0.6) is 0 Å². The average Bonchev–Trinajstić information content (AvgIpc) is 1.92. The first kappa shape index (κ1) is 9.45. The van der Waals surface area contributed by atoms with Crippen molar-refractivity contribution in [2.75, 3.05) is 0 Å². The van der Waals surface area contributed by atoms with Crippen molar-refractivity contribution in [2.24, 2.45) is 0 Å². The smallest absolute Gasteiger partial charge is 0.120 e. The zero-order valence-corrected chi connectivity index (χ0v) is 7.59. The SMILES string of the molecule is Cc1ccc(C)c(S(F)(F)F)c1. The number of benzene rings is 1. The summed E-state index contributed by atoms with van der Waals surface area (Å²) >= 11 is -5.06. The van der Waals surface area contributed by atoms with Crippen LogP contribution < -0.4 is 0 Å². The lowest BCUT2D eigenvalue weighted by Gasteiger charge is -2.13. The van der Waals surface area contributed by atoms with E-state index >= 15 is 0 Å². The van der Waals surface area contributed by atoms with Gasteiger partial charge in [0.1, 0.15) is 0 Å². The van der Waals surface area contributed by atoms with Crippen LogP contribution in [0, 0.1) is 13.8 Å². The Hall–Kier alpha value is -0.640. The molecule has 12 heavy (non-hydrogen) atoms. The molecule has 0 radical (unpaired) electrons. The summed E-state index contributed by atoms with van der Waals surface area (Å²) in [6.45, 7) is 3.14. The highest BCUT2D eigenvalue weighted by molar-refractivity contribution is 8.21. The lowest BCUT2D eigenvalue weighted by molar-refractivity contribution is 0.631. The molecule has 0 fully saturated rings. The van der Waals surface area contributed by atoms with E-state index in [0.29, 0.717) is 11.1 Å². The van der Waals surface area contributed by atoms with Gasteiger partial charge >= 0.3 is 0 Å². The minimum atomic E-state index is -5.06. The van der Waals surface area contributed by atoms with E-state index in [1.165, 1.54) is 19.1 Å². The molecule has 0 aliphatic heterocycles. The van der Waals surface area contributed by atoms with Gasteiger partial charge in [-0.3, -0.25) is 0 Å². The summed E-state index contributed by atoms with van der Waals surface area (Å²) < 4.78 is 36.9. The van der Waals surface area contributed by atoms with E-state index in [-0.39, 0.29) is 0 Å². The molecule has 68 valence electrons. The van der Waals surface area contributed by atoms with Crippen LogP contribution in [0.25, 0.3) is 0 Å².